The summed E-state index contributed by atoms with van der Waals surface area (Å²) in [5.41, 5.74) is -2.91. The number of aliphatic hydroxyl groups is 1. The number of hydrogen-bond acceptors (Lipinski definition) is 5. The Morgan fingerprint density at radius 2 is 1.86 bits per heavy atom. The van der Waals surface area contributed by atoms with Crippen molar-refractivity contribution in [1.29, 1.82) is 0 Å². The summed E-state index contributed by atoms with van der Waals surface area (Å²) in [5, 5.41) is 14.2. The van der Waals surface area contributed by atoms with Gasteiger partial charge in [0.2, 0.25) is 5.72 Å². The van der Waals surface area contributed by atoms with Crippen molar-refractivity contribution in [3.63, 3.8) is 0 Å². The number of hydrazone groups is 1. The van der Waals surface area contributed by atoms with Crippen molar-refractivity contribution in [2.75, 3.05) is 6.61 Å². The molecule has 1 N–H and O–H groups in total. The Hall–Kier alpha value is -3.53. The molecule has 1 unspecified atom stereocenters. The quantitative estimate of drug-likeness (QED) is 0.335. The fraction of sp³-hybridized carbons (Fsp3) is 0.320. The third-order valence-electron chi connectivity index (χ3n) is 5.69. The lowest BCUT2D eigenvalue weighted by molar-refractivity contribution is -0.164. The lowest BCUT2D eigenvalue weighted by Gasteiger charge is -2.30. The molecule has 2 heterocycles. The lowest BCUT2D eigenvalue weighted by atomic mass is 10.0. The summed E-state index contributed by atoms with van der Waals surface area (Å²) in [6.07, 6.45) is -5.95. The van der Waals surface area contributed by atoms with Gasteiger partial charge < -0.3 is 9.84 Å². The molecule has 0 saturated carbocycles. The number of unbranched alkanes of at least 4 members (excludes halogenated alkanes) is 1. The number of aromatic nitrogens is 1. The molecular weight excluding hydrogens is 466 g/mol. The summed E-state index contributed by atoms with van der Waals surface area (Å²) in [6.45, 7) is 2.63. The van der Waals surface area contributed by atoms with E-state index in [1.165, 1.54) is 6.07 Å². The second kappa shape index (κ2) is 9.99. The number of hydrogen-bond donors (Lipinski definition) is 1. The summed E-state index contributed by atoms with van der Waals surface area (Å²) < 4.78 is 59.5. The van der Waals surface area contributed by atoms with Crippen molar-refractivity contribution in [3.05, 3.63) is 60.2 Å². The van der Waals surface area contributed by atoms with Crippen molar-refractivity contribution in [2.24, 2.45) is 5.10 Å². The third-order valence-corrected chi connectivity index (χ3v) is 5.69. The molecule has 1 aliphatic rings. The van der Waals surface area contributed by atoms with Gasteiger partial charge in [0.15, 0.2) is 0 Å². The zero-order valence-electron chi connectivity index (χ0n) is 18.8. The molecule has 6 nitrogen and oxygen atoms in total. The van der Waals surface area contributed by atoms with Crippen LogP contribution in [-0.2, 0) is 0 Å². The minimum atomic E-state index is -3.51. The number of rotatable bonds is 8. The minimum absolute atomic E-state index is 0.0649. The molecule has 10 heteroatoms. The van der Waals surface area contributed by atoms with Gasteiger partial charge in [0, 0.05) is 17.4 Å². The molecule has 0 saturated heterocycles. The molecule has 0 radical (unpaired) electrons. The molecule has 3 aromatic rings. The van der Waals surface area contributed by atoms with E-state index < -0.39 is 36.6 Å². The van der Waals surface area contributed by atoms with Crippen LogP contribution in [0.2, 0.25) is 0 Å². The summed E-state index contributed by atoms with van der Waals surface area (Å²) in [5.74, 6) is -0.477. The topological polar surface area (TPSA) is 75.0 Å². The van der Waals surface area contributed by atoms with E-state index in [0.29, 0.717) is 34.5 Å². The van der Waals surface area contributed by atoms with E-state index in [1.807, 2.05) is 0 Å². The smallest absolute Gasteiger partial charge is 0.287 e. The van der Waals surface area contributed by atoms with Crippen molar-refractivity contribution in [3.8, 4) is 17.0 Å². The van der Waals surface area contributed by atoms with Gasteiger partial charge >= 0.3 is 0 Å². The zero-order valence-corrected chi connectivity index (χ0v) is 18.8. The maximum absolute atomic E-state index is 13.7. The number of para-hydroxylation sites is 1. The maximum Gasteiger partial charge on any atom is 0.287 e. The van der Waals surface area contributed by atoms with Gasteiger partial charge in [-0.2, -0.15) is 10.1 Å². The summed E-state index contributed by atoms with van der Waals surface area (Å²) >= 11 is 0. The Labute approximate surface area is 198 Å². The Kier molecular flexibility index (Phi) is 7.02. The van der Waals surface area contributed by atoms with Gasteiger partial charge in [0.25, 0.3) is 18.8 Å². The van der Waals surface area contributed by atoms with Crippen LogP contribution in [0.5, 0.6) is 5.75 Å². The van der Waals surface area contributed by atoms with Crippen molar-refractivity contribution in [2.45, 2.75) is 44.8 Å². The maximum atomic E-state index is 13.7. The number of carbonyl (C=O) groups excluding carboxylic acids is 1. The number of amides is 1. The lowest BCUT2D eigenvalue weighted by Crippen LogP contribution is -2.51. The van der Waals surface area contributed by atoms with E-state index in [2.05, 4.69) is 17.0 Å². The number of pyridine rings is 1. The van der Waals surface area contributed by atoms with Gasteiger partial charge in [-0.1, -0.05) is 31.5 Å². The number of ether oxygens (including phenoxy) is 1. The summed E-state index contributed by atoms with van der Waals surface area (Å²) in [6, 6.07) is 14.9. The largest absolute Gasteiger partial charge is 0.494 e. The number of nitrogens with zero attached hydrogens (tertiary/aromatic N) is 3. The molecule has 1 amide bonds. The van der Waals surface area contributed by atoms with Crippen LogP contribution >= 0.6 is 0 Å². The van der Waals surface area contributed by atoms with Gasteiger partial charge in [-0.25, -0.2) is 22.5 Å². The fourth-order valence-electron chi connectivity index (χ4n) is 3.77. The average molecular weight is 489 g/mol. The van der Waals surface area contributed by atoms with Crippen LogP contribution in [0.4, 0.5) is 17.6 Å². The average Bonchev–Trinajstić information content (AvgIpc) is 3.23. The molecule has 2 aromatic carbocycles. The first-order valence-electron chi connectivity index (χ1n) is 11.1. The number of fused-ring (bicyclic) bond motifs is 1. The van der Waals surface area contributed by atoms with E-state index >= 15 is 0 Å². The summed E-state index contributed by atoms with van der Waals surface area (Å²) in [4.78, 5) is 17.9. The second-order valence-electron chi connectivity index (χ2n) is 8.16. The molecule has 0 spiro atoms. The summed E-state index contributed by atoms with van der Waals surface area (Å²) in [7, 11) is 0. The Morgan fingerprint density at radius 1 is 1.14 bits per heavy atom. The van der Waals surface area contributed by atoms with Crippen LogP contribution in [0, 0.1) is 0 Å². The normalized spacial score (nSPS) is 17.9. The van der Waals surface area contributed by atoms with Crippen LogP contribution in [0.15, 0.2) is 59.7 Å². The highest BCUT2D eigenvalue weighted by Gasteiger charge is 2.53. The highest BCUT2D eigenvalue weighted by atomic mass is 19.3. The molecule has 0 aliphatic carbocycles. The van der Waals surface area contributed by atoms with Crippen LogP contribution in [-0.4, -0.2) is 51.9 Å². The van der Waals surface area contributed by atoms with E-state index in [-0.39, 0.29) is 10.6 Å². The third kappa shape index (κ3) is 4.84. The first-order valence-corrected chi connectivity index (χ1v) is 11.1. The molecule has 1 aromatic heterocycles. The van der Waals surface area contributed by atoms with E-state index in [9.17, 15) is 27.5 Å². The molecule has 1 aliphatic heterocycles. The van der Waals surface area contributed by atoms with Crippen LogP contribution in [0.1, 0.15) is 36.5 Å². The Bertz CT molecular complexity index is 1250. The first kappa shape index (κ1) is 24.6. The first-order chi connectivity index (χ1) is 16.7. The molecule has 4 rings (SSSR count). The van der Waals surface area contributed by atoms with E-state index in [4.69, 9.17) is 4.74 Å². The molecular formula is C25H23F4N3O3. The van der Waals surface area contributed by atoms with Crippen molar-refractivity contribution >= 4 is 22.5 Å². The monoisotopic (exact) mass is 489 g/mol. The SMILES string of the molecule is CCCCOc1ccc(-c2cc(C(=O)N3N=C(C(F)F)CC3(O)C(F)F)c3ccccc3n2)cc1. The minimum Gasteiger partial charge on any atom is -0.494 e. The second-order valence-corrected chi connectivity index (χ2v) is 8.16. The Balaban J connectivity index is 1.76. The standard InChI is InChI=1S/C25H23F4N3O3/c1-2-3-12-35-16-10-8-15(9-11-16)20-13-18(17-6-4-5-7-19(17)30-20)23(33)32-25(34,24(28)29)14-21(31-32)22(26)27/h4-11,13,22,24,34H,2-3,12,14H2,1H3. The molecule has 0 bridgehead atoms. The van der Waals surface area contributed by atoms with Gasteiger partial charge in [0.05, 0.1) is 23.4 Å². The van der Waals surface area contributed by atoms with Crippen LogP contribution in [0.3, 0.4) is 0 Å². The van der Waals surface area contributed by atoms with Crippen molar-refractivity contribution < 1.29 is 32.2 Å². The molecule has 35 heavy (non-hydrogen) atoms. The molecule has 184 valence electrons. The van der Waals surface area contributed by atoms with Crippen molar-refractivity contribution in [1.82, 2.24) is 9.99 Å². The van der Waals surface area contributed by atoms with Gasteiger partial charge in [-0.3, -0.25) is 4.79 Å². The predicted molar refractivity (Wildman–Crippen MR) is 123 cm³/mol. The van der Waals surface area contributed by atoms with Gasteiger partial charge in [-0.15, -0.1) is 0 Å². The highest BCUT2D eigenvalue weighted by molar-refractivity contribution is 6.08. The van der Waals surface area contributed by atoms with Crippen LogP contribution in [0.25, 0.3) is 22.2 Å². The predicted octanol–water partition coefficient (Wildman–Crippen LogP) is 5.50. The number of alkyl halides is 4. The molecule has 0 fully saturated rings. The van der Waals surface area contributed by atoms with E-state index in [0.717, 1.165) is 12.8 Å². The highest BCUT2D eigenvalue weighted by Crippen LogP contribution is 2.36. The number of carbonyl (C=O) groups is 1. The zero-order chi connectivity index (χ0) is 25.2. The number of benzene rings is 2. The fourth-order valence-corrected chi connectivity index (χ4v) is 3.77. The Morgan fingerprint density at radius 3 is 2.51 bits per heavy atom. The number of halogens is 4. The van der Waals surface area contributed by atoms with Crippen LogP contribution < -0.4 is 4.74 Å². The van der Waals surface area contributed by atoms with Gasteiger partial charge in [0.1, 0.15) is 11.5 Å². The van der Waals surface area contributed by atoms with Gasteiger partial charge in [-0.05, 0) is 42.8 Å². The van der Waals surface area contributed by atoms with E-state index in [1.54, 1.807) is 48.5 Å². The molecule has 1 atom stereocenters.